The molecule has 3 atom stereocenters. The standard InChI is InChI=1S/C23H35N5O3.CH2O2/c1-16(24-2)21(29)25-20(17-10-5-3-6-11-17)23(31)28-15-9-14-19(28)22(30)27-26-18-12-7-4-8-13-18;2-1-3/h4,7-8,12-13,16-17,19-20,24,26H,3,5-6,9-11,14-15H2,1-2H3,(H,25,29)(H,27,30);1H,(H,2,3)/t16-,19-,20+;/m0./s1. The van der Waals surface area contributed by atoms with Crippen LogP contribution in [0, 0.1) is 5.92 Å². The van der Waals surface area contributed by atoms with Gasteiger partial charge in [-0.1, -0.05) is 37.5 Å². The highest BCUT2D eigenvalue weighted by atomic mass is 16.3. The summed E-state index contributed by atoms with van der Waals surface area (Å²) in [6.07, 6.45) is 6.53. The van der Waals surface area contributed by atoms with E-state index in [9.17, 15) is 14.4 Å². The first-order valence-electron chi connectivity index (χ1n) is 11.9. The highest BCUT2D eigenvalue weighted by Crippen LogP contribution is 2.29. The van der Waals surface area contributed by atoms with Crippen molar-refractivity contribution < 1.29 is 24.3 Å². The molecule has 1 aliphatic heterocycles. The zero-order valence-electron chi connectivity index (χ0n) is 20.0. The molecule has 188 valence electrons. The number of hydrogen-bond donors (Lipinski definition) is 5. The molecular formula is C24H37N5O5. The predicted octanol–water partition coefficient (Wildman–Crippen LogP) is 1.49. The Morgan fingerprint density at radius 3 is 2.32 bits per heavy atom. The SMILES string of the molecule is CN[C@@H](C)C(=O)N[C@@H](C(=O)N1CCC[C@H]1C(=O)NNc1ccccc1)C1CCCCC1.O=CO. The Labute approximate surface area is 200 Å². The Balaban J connectivity index is 0.00000129. The van der Waals surface area contributed by atoms with Crippen LogP contribution in [0.15, 0.2) is 30.3 Å². The Kier molecular flexibility index (Phi) is 11.3. The average Bonchev–Trinajstić information content (AvgIpc) is 3.36. The molecule has 34 heavy (non-hydrogen) atoms. The van der Waals surface area contributed by atoms with Gasteiger partial charge in [-0.15, -0.1) is 0 Å². The number of hydrazine groups is 1. The number of likely N-dealkylation sites (N-methyl/N-ethyl adjacent to an activating group) is 1. The van der Waals surface area contributed by atoms with Crippen LogP contribution in [0.3, 0.4) is 0 Å². The van der Waals surface area contributed by atoms with Gasteiger partial charge in [0.25, 0.3) is 12.4 Å². The second-order valence-electron chi connectivity index (χ2n) is 8.67. The molecule has 0 unspecified atom stereocenters. The number of carboxylic acid groups (broad SMARTS) is 1. The molecular weight excluding hydrogens is 438 g/mol. The number of nitrogens with one attached hydrogen (secondary N) is 4. The van der Waals surface area contributed by atoms with E-state index >= 15 is 0 Å². The fourth-order valence-corrected chi connectivity index (χ4v) is 4.48. The molecule has 1 aromatic carbocycles. The molecule has 0 radical (unpaired) electrons. The lowest BCUT2D eigenvalue weighted by Gasteiger charge is -2.35. The van der Waals surface area contributed by atoms with Crippen molar-refractivity contribution in [2.24, 2.45) is 5.92 Å². The minimum Gasteiger partial charge on any atom is -0.483 e. The molecule has 3 amide bonds. The Hall–Kier alpha value is -3.14. The number of anilines is 1. The van der Waals surface area contributed by atoms with E-state index in [0.717, 1.165) is 44.2 Å². The molecule has 2 aliphatic rings. The molecule has 1 saturated carbocycles. The minimum absolute atomic E-state index is 0.112. The molecule has 1 heterocycles. The van der Waals surface area contributed by atoms with E-state index in [1.807, 2.05) is 30.3 Å². The third-order valence-corrected chi connectivity index (χ3v) is 6.45. The van der Waals surface area contributed by atoms with Gasteiger partial charge in [0.15, 0.2) is 0 Å². The lowest BCUT2D eigenvalue weighted by atomic mass is 9.83. The van der Waals surface area contributed by atoms with E-state index in [-0.39, 0.29) is 36.2 Å². The van der Waals surface area contributed by atoms with Crippen LogP contribution in [-0.4, -0.2) is 65.9 Å². The molecule has 0 spiro atoms. The molecule has 0 bridgehead atoms. The van der Waals surface area contributed by atoms with Gasteiger partial charge < -0.3 is 20.6 Å². The van der Waals surface area contributed by atoms with Gasteiger partial charge in [-0.25, -0.2) is 0 Å². The van der Waals surface area contributed by atoms with Gasteiger partial charge in [-0.2, -0.15) is 0 Å². The third-order valence-electron chi connectivity index (χ3n) is 6.45. The number of rotatable bonds is 8. The summed E-state index contributed by atoms with van der Waals surface area (Å²) in [5.41, 5.74) is 6.42. The number of carbonyl (C=O) groups excluding carboxylic acids is 3. The smallest absolute Gasteiger partial charge is 0.290 e. The summed E-state index contributed by atoms with van der Waals surface area (Å²) in [5.74, 6) is -0.439. The fraction of sp³-hybridized carbons (Fsp3) is 0.583. The zero-order chi connectivity index (χ0) is 24.9. The summed E-state index contributed by atoms with van der Waals surface area (Å²) in [6.45, 7) is 2.06. The van der Waals surface area contributed by atoms with Crippen molar-refractivity contribution in [3.8, 4) is 0 Å². The van der Waals surface area contributed by atoms with Crippen molar-refractivity contribution in [3.63, 3.8) is 0 Å². The van der Waals surface area contributed by atoms with E-state index in [1.54, 1.807) is 18.9 Å². The number of amides is 3. The van der Waals surface area contributed by atoms with Crippen LogP contribution >= 0.6 is 0 Å². The zero-order valence-corrected chi connectivity index (χ0v) is 20.0. The van der Waals surface area contributed by atoms with Crippen molar-refractivity contribution in [2.75, 3.05) is 19.0 Å². The molecule has 1 aromatic rings. The van der Waals surface area contributed by atoms with Crippen LogP contribution in [0.5, 0.6) is 0 Å². The van der Waals surface area contributed by atoms with E-state index < -0.39 is 12.1 Å². The quantitative estimate of drug-likeness (QED) is 0.283. The normalized spacial score (nSPS) is 19.7. The fourth-order valence-electron chi connectivity index (χ4n) is 4.48. The summed E-state index contributed by atoms with van der Waals surface area (Å²) >= 11 is 0. The van der Waals surface area contributed by atoms with Crippen LogP contribution in [0.4, 0.5) is 5.69 Å². The van der Waals surface area contributed by atoms with E-state index in [0.29, 0.717) is 13.0 Å². The van der Waals surface area contributed by atoms with E-state index in [4.69, 9.17) is 9.90 Å². The number of hydrogen-bond acceptors (Lipinski definition) is 6. The van der Waals surface area contributed by atoms with Gasteiger partial charge in [-0.3, -0.25) is 30.0 Å². The van der Waals surface area contributed by atoms with E-state index in [2.05, 4.69) is 21.5 Å². The summed E-state index contributed by atoms with van der Waals surface area (Å²) in [5, 5.41) is 12.8. The molecule has 2 fully saturated rings. The molecule has 1 saturated heterocycles. The third kappa shape index (κ3) is 7.72. The maximum Gasteiger partial charge on any atom is 0.290 e. The summed E-state index contributed by atoms with van der Waals surface area (Å²) in [4.78, 5) is 49.0. The second kappa shape index (κ2) is 14.2. The lowest BCUT2D eigenvalue weighted by Crippen LogP contribution is -2.58. The summed E-state index contributed by atoms with van der Waals surface area (Å²) in [6, 6.07) is 7.87. The highest BCUT2D eigenvalue weighted by Gasteiger charge is 2.41. The lowest BCUT2D eigenvalue weighted by molar-refractivity contribution is -0.143. The summed E-state index contributed by atoms with van der Waals surface area (Å²) < 4.78 is 0. The van der Waals surface area contributed by atoms with Gasteiger partial charge >= 0.3 is 0 Å². The number of likely N-dealkylation sites (tertiary alicyclic amines) is 1. The predicted molar refractivity (Wildman–Crippen MR) is 129 cm³/mol. The Morgan fingerprint density at radius 2 is 1.71 bits per heavy atom. The molecule has 10 heteroatoms. The first-order valence-corrected chi connectivity index (χ1v) is 11.9. The molecule has 5 N–H and O–H groups in total. The Bertz CT molecular complexity index is 800. The number of benzene rings is 1. The van der Waals surface area contributed by atoms with Crippen molar-refractivity contribution in [3.05, 3.63) is 30.3 Å². The van der Waals surface area contributed by atoms with Crippen molar-refractivity contribution in [1.29, 1.82) is 0 Å². The first-order chi connectivity index (χ1) is 16.4. The maximum absolute atomic E-state index is 13.6. The minimum atomic E-state index is -0.584. The van der Waals surface area contributed by atoms with Crippen LogP contribution in [0.2, 0.25) is 0 Å². The topological polar surface area (TPSA) is 140 Å². The maximum atomic E-state index is 13.6. The first kappa shape index (κ1) is 27.1. The Morgan fingerprint density at radius 1 is 1.06 bits per heavy atom. The largest absolute Gasteiger partial charge is 0.483 e. The van der Waals surface area contributed by atoms with Gasteiger partial charge in [-0.05, 0) is 57.7 Å². The van der Waals surface area contributed by atoms with Crippen molar-refractivity contribution in [2.45, 2.75) is 70.0 Å². The highest BCUT2D eigenvalue weighted by molar-refractivity contribution is 5.93. The number of para-hydroxylation sites is 1. The number of nitrogens with zero attached hydrogens (tertiary/aromatic N) is 1. The van der Waals surface area contributed by atoms with Gasteiger partial charge in [0, 0.05) is 6.54 Å². The monoisotopic (exact) mass is 475 g/mol. The number of carbonyl (C=O) groups is 4. The average molecular weight is 476 g/mol. The second-order valence-corrected chi connectivity index (χ2v) is 8.67. The molecule has 1 aliphatic carbocycles. The van der Waals surface area contributed by atoms with E-state index in [1.165, 1.54) is 0 Å². The van der Waals surface area contributed by atoms with Crippen LogP contribution in [0.25, 0.3) is 0 Å². The molecule has 0 aromatic heterocycles. The van der Waals surface area contributed by atoms with Gasteiger partial charge in [0.2, 0.25) is 11.8 Å². The van der Waals surface area contributed by atoms with Gasteiger partial charge in [0.05, 0.1) is 11.7 Å². The van der Waals surface area contributed by atoms with Crippen LogP contribution in [0.1, 0.15) is 51.9 Å². The van der Waals surface area contributed by atoms with Gasteiger partial charge in [0.1, 0.15) is 12.1 Å². The van der Waals surface area contributed by atoms with Crippen LogP contribution in [-0.2, 0) is 19.2 Å². The molecule has 3 rings (SSSR count). The van der Waals surface area contributed by atoms with Crippen LogP contribution < -0.4 is 21.5 Å². The van der Waals surface area contributed by atoms with Crippen molar-refractivity contribution in [1.82, 2.24) is 21.0 Å². The summed E-state index contributed by atoms with van der Waals surface area (Å²) in [7, 11) is 1.72. The van der Waals surface area contributed by atoms with Crippen molar-refractivity contribution >= 4 is 29.9 Å². The molecule has 10 nitrogen and oxygen atoms in total.